The smallest absolute Gasteiger partial charge is 0.410 e. The van der Waals surface area contributed by atoms with Crippen LogP contribution in [-0.2, 0) is 4.74 Å². The molecule has 1 amide bonds. The van der Waals surface area contributed by atoms with Gasteiger partial charge < -0.3 is 14.5 Å². The third-order valence-electron chi connectivity index (χ3n) is 4.28. The third-order valence-corrected chi connectivity index (χ3v) is 5.10. The number of rotatable bonds is 2. The Morgan fingerprint density at radius 3 is 2.88 bits per heavy atom. The molecule has 1 aromatic carbocycles. The molecule has 5 nitrogen and oxygen atoms in total. The number of likely N-dealkylation sites (N-methyl/N-ethyl adjacent to an activating group) is 1. The van der Waals surface area contributed by atoms with E-state index in [1.165, 1.54) is 21.6 Å². The van der Waals surface area contributed by atoms with Gasteiger partial charge in [0.15, 0.2) is 0 Å². The highest BCUT2D eigenvalue weighted by molar-refractivity contribution is 7.13. The molecule has 1 aromatic heterocycles. The van der Waals surface area contributed by atoms with Crippen LogP contribution in [0.15, 0.2) is 24.3 Å². The van der Waals surface area contributed by atoms with Gasteiger partial charge >= 0.3 is 6.09 Å². The Kier molecular flexibility index (Phi) is 4.67. The van der Waals surface area contributed by atoms with Crippen LogP contribution in [0.2, 0.25) is 0 Å². The second-order valence-corrected chi connectivity index (χ2v) is 8.14. The number of fused-ring (bicyclic) bond motifs is 1. The number of amides is 1. The second kappa shape index (κ2) is 6.59. The summed E-state index contributed by atoms with van der Waals surface area (Å²) in [6.07, 6.45) is 1.79. The van der Waals surface area contributed by atoms with E-state index in [1.54, 1.807) is 4.90 Å². The van der Waals surface area contributed by atoms with Crippen molar-refractivity contribution in [3.8, 4) is 0 Å². The molecule has 0 radical (unpaired) electrons. The molecule has 1 atom stereocenters. The number of benzene rings is 1. The fraction of sp³-hybridized carbons (Fsp3) is 0.556. The van der Waals surface area contributed by atoms with Gasteiger partial charge in [-0.25, -0.2) is 4.79 Å². The first kappa shape index (κ1) is 17.0. The zero-order valence-electron chi connectivity index (χ0n) is 14.8. The lowest BCUT2D eigenvalue weighted by atomic mass is 10.0. The van der Waals surface area contributed by atoms with Gasteiger partial charge in [0.2, 0.25) is 0 Å². The number of hydrogen-bond donors (Lipinski definition) is 0. The minimum atomic E-state index is -0.467. The molecule has 1 saturated heterocycles. The molecule has 2 heterocycles. The van der Waals surface area contributed by atoms with Gasteiger partial charge in [-0.1, -0.05) is 12.1 Å². The normalized spacial score (nSPS) is 18.7. The van der Waals surface area contributed by atoms with Crippen LogP contribution >= 0.6 is 11.5 Å². The number of carbonyl (C=O) groups is 1. The van der Waals surface area contributed by atoms with Crippen LogP contribution in [0.25, 0.3) is 10.1 Å². The average molecular weight is 347 g/mol. The predicted molar refractivity (Wildman–Crippen MR) is 98.9 cm³/mol. The van der Waals surface area contributed by atoms with Gasteiger partial charge in [-0.15, -0.1) is 0 Å². The van der Waals surface area contributed by atoms with E-state index < -0.39 is 5.60 Å². The van der Waals surface area contributed by atoms with Gasteiger partial charge in [-0.2, -0.15) is 4.37 Å². The van der Waals surface area contributed by atoms with Crippen LogP contribution < -0.4 is 4.90 Å². The topological polar surface area (TPSA) is 45.7 Å². The van der Waals surface area contributed by atoms with Crippen LogP contribution in [0.5, 0.6) is 0 Å². The molecule has 2 aromatic rings. The van der Waals surface area contributed by atoms with Gasteiger partial charge in [0.05, 0.1) is 10.7 Å². The summed E-state index contributed by atoms with van der Waals surface area (Å²) in [4.78, 5) is 16.4. The summed E-state index contributed by atoms with van der Waals surface area (Å²) >= 11 is 1.53. The molecule has 0 N–H and O–H groups in total. The van der Waals surface area contributed by atoms with Gasteiger partial charge in [0.1, 0.15) is 11.4 Å². The maximum atomic E-state index is 12.3. The summed E-state index contributed by atoms with van der Waals surface area (Å²) in [6.45, 7) is 7.46. The Hall–Kier alpha value is -1.82. The predicted octanol–water partition coefficient (Wildman–Crippen LogP) is 4.13. The summed E-state index contributed by atoms with van der Waals surface area (Å²) < 4.78 is 11.4. The minimum Gasteiger partial charge on any atom is -0.444 e. The van der Waals surface area contributed by atoms with Crippen molar-refractivity contribution in [3.63, 3.8) is 0 Å². The average Bonchev–Trinajstić information content (AvgIpc) is 2.96. The number of anilines is 1. The Labute approximate surface area is 147 Å². The lowest BCUT2D eigenvalue weighted by molar-refractivity contribution is 0.0210. The molecule has 1 unspecified atom stereocenters. The minimum absolute atomic E-state index is 0.147. The maximum absolute atomic E-state index is 12.3. The van der Waals surface area contributed by atoms with E-state index in [0.717, 1.165) is 31.7 Å². The zero-order valence-corrected chi connectivity index (χ0v) is 15.6. The summed E-state index contributed by atoms with van der Waals surface area (Å²) in [5, 5.41) is 1.20. The molecule has 0 bridgehead atoms. The van der Waals surface area contributed by atoms with E-state index in [0.29, 0.717) is 0 Å². The first-order valence-corrected chi connectivity index (χ1v) is 9.18. The quantitative estimate of drug-likeness (QED) is 0.819. The van der Waals surface area contributed by atoms with Crippen LogP contribution in [0.1, 0.15) is 33.6 Å². The Balaban J connectivity index is 1.73. The van der Waals surface area contributed by atoms with Crippen LogP contribution in [0.4, 0.5) is 10.6 Å². The highest BCUT2D eigenvalue weighted by atomic mass is 32.1. The fourth-order valence-corrected chi connectivity index (χ4v) is 3.84. The number of ether oxygens (including phenoxy) is 1. The molecule has 1 fully saturated rings. The van der Waals surface area contributed by atoms with E-state index in [2.05, 4.69) is 27.5 Å². The van der Waals surface area contributed by atoms with E-state index in [4.69, 9.17) is 4.74 Å². The Bertz CT molecular complexity index is 722. The van der Waals surface area contributed by atoms with Gasteiger partial charge in [-0.05, 0) is 57.3 Å². The molecule has 0 aliphatic carbocycles. The molecule has 3 rings (SSSR count). The van der Waals surface area contributed by atoms with Crippen LogP contribution in [0, 0.1) is 0 Å². The Morgan fingerprint density at radius 2 is 2.12 bits per heavy atom. The SMILES string of the molecule is CN(C(=O)OC(C)(C)C)C1CCCN(c2nsc3ccccc23)C1. The van der Waals surface area contributed by atoms with Crippen molar-refractivity contribution in [1.82, 2.24) is 9.27 Å². The monoisotopic (exact) mass is 347 g/mol. The summed E-state index contributed by atoms with van der Waals surface area (Å²) in [6, 6.07) is 8.46. The molecule has 1 aliphatic heterocycles. The van der Waals surface area contributed by atoms with E-state index in [-0.39, 0.29) is 12.1 Å². The van der Waals surface area contributed by atoms with Crippen molar-refractivity contribution in [2.24, 2.45) is 0 Å². The first-order chi connectivity index (χ1) is 11.3. The largest absolute Gasteiger partial charge is 0.444 e. The highest BCUT2D eigenvalue weighted by Crippen LogP contribution is 2.31. The van der Waals surface area contributed by atoms with Gasteiger partial charge in [0, 0.05) is 25.5 Å². The van der Waals surface area contributed by atoms with Gasteiger partial charge in [0.25, 0.3) is 0 Å². The summed E-state index contributed by atoms with van der Waals surface area (Å²) in [5.74, 6) is 1.04. The number of piperidine rings is 1. The molecule has 0 saturated carbocycles. The highest BCUT2D eigenvalue weighted by Gasteiger charge is 2.30. The lowest BCUT2D eigenvalue weighted by Crippen LogP contribution is -2.50. The van der Waals surface area contributed by atoms with E-state index >= 15 is 0 Å². The number of nitrogens with zero attached hydrogens (tertiary/aromatic N) is 3. The number of hydrogen-bond acceptors (Lipinski definition) is 5. The number of aromatic nitrogens is 1. The molecule has 130 valence electrons. The third kappa shape index (κ3) is 3.64. The molecule has 0 spiro atoms. The van der Waals surface area contributed by atoms with Crippen molar-refractivity contribution < 1.29 is 9.53 Å². The summed E-state index contributed by atoms with van der Waals surface area (Å²) in [7, 11) is 1.83. The Morgan fingerprint density at radius 1 is 1.38 bits per heavy atom. The molecule has 1 aliphatic rings. The number of carbonyl (C=O) groups excluding carboxylic acids is 1. The van der Waals surface area contributed by atoms with Crippen molar-refractivity contribution >= 4 is 33.5 Å². The van der Waals surface area contributed by atoms with Crippen molar-refractivity contribution in [1.29, 1.82) is 0 Å². The van der Waals surface area contributed by atoms with Crippen molar-refractivity contribution in [3.05, 3.63) is 24.3 Å². The van der Waals surface area contributed by atoms with Crippen molar-refractivity contribution in [2.45, 2.75) is 45.3 Å². The van der Waals surface area contributed by atoms with Crippen molar-refractivity contribution in [2.75, 3.05) is 25.0 Å². The van der Waals surface area contributed by atoms with E-state index in [1.807, 2.05) is 33.9 Å². The molecular formula is C18H25N3O2S. The standard InChI is InChI=1S/C18H25N3O2S/c1-18(2,3)23-17(22)20(4)13-8-7-11-21(12-13)16-14-9-5-6-10-15(14)24-19-16/h5-6,9-10,13H,7-8,11-12H2,1-4H3. The molecule has 24 heavy (non-hydrogen) atoms. The van der Waals surface area contributed by atoms with Gasteiger partial charge in [-0.3, -0.25) is 0 Å². The zero-order chi connectivity index (χ0) is 17.3. The van der Waals surface area contributed by atoms with E-state index in [9.17, 15) is 4.79 Å². The second-order valence-electron chi connectivity index (χ2n) is 7.34. The van der Waals surface area contributed by atoms with Crippen LogP contribution in [-0.4, -0.2) is 47.1 Å². The first-order valence-electron chi connectivity index (χ1n) is 8.40. The maximum Gasteiger partial charge on any atom is 0.410 e. The lowest BCUT2D eigenvalue weighted by Gasteiger charge is -2.38. The fourth-order valence-electron chi connectivity index (χ4n) is 3.05. The summed E-state index contributed by atoms with van der Waals surface area (Å²) in [5.41, 5.74) is -0.467. The van der Waals surface area contributed by atoms with Crippen LogP contribution in [0.3, 0.4) is 0 Å². The molecular weight excluding hydrogens is 322 g/mol. The molecule has 6 heteroatoms.